The molecule has 8 heteroatoms. The molecule has 0 bridgehead atoms. The van der Waals surface area contributed by atoms with Crippen molar-refractivity contribution in [2.75, 3.05) is 17.2 Å². The Balaban J connectivity index is 1.79. The molecular formula is C12H13N7S. The van der Waals surface area contributed by atoms with Crippen LogP contribution in [0.5, 0.6) is 0 Å². The van der Waals surface area contributed by atoms with Gasteiger partial charge in [-0.1, -0.05) is 11.8 Å². The van der Waals surface area contributed by atoms with Crippen molar-refractivity contribution in [1.82, 2.24) is 19.9 Å². The van der Waals surface area contributed by atoms with E-state index in [9.17, 15) is 0 Å². The molecule has 0 aliphatic carbocycles. The number of nitrogens with one attached hydrogen (secondary N) is 1. The number of hydrogen-bond acceptors (Lipinski definition) is 7. The summed E-state index contributed by atoms with van der Waals surface area (Å²) in [5.41, 5.74) is 19.5. The van der Waals surface area contributed by atoms with E-state index in [1.165, 1.54) is 17.8 Å². The first-order valence-corrected chi connectivity index (χ1v) is 6.86. The molecule has 0 saturated carbocycles. The smallest absolute Gasteiger partial charge is 0.191 e. The van der Waals surface area contributed by atoms with Crippen molar-refractivity contribution < 1.29 is 0 Å². The molecule has 102 valence electrons. The van der Waals surface area contributed by atoms with Gasteiger partial charge in [0.15, 0.2) is 5.16 Å². The molecule has 1 aromatic carbocycles. The summed E-state index contributed by atoms with van der Waals surface area (Å²) >= 11 is 1.41. The number of aromatic amines is 1. The van der Waals surface area contributed by atoms with Gasteiger partial charge in [-0.05, 0) is 18.2 Å². The van der Waals surface area contributed by atoms with Gasteiger partial charge >= 0.3 is 0 Å². The molecule has 3 aromatic rings. The van der Waals surface area contributed by atoms with E-state index < -0.39 is 0 Å². The number of anilines is 3. The van der Waals surface area contributed by atoms with Gasteiger partial charge in [-0.15, -0.1) is 0 Å². The minimum absolute atomic E-state index is 0.359. The summed E-state index contributed by atoms with van der Waals surface area (Å²) in [4.78, 5) is 15.9. The molecule has 0 fully saturated rings. The molecule has 2 aromatic heterocycles. The highest BCUT2D eigenvalue weighted by molar-refractivity contribution is 7.98. The summed E-state index contributed by atoms with van der Waals surface area (Å²) in [5, 5.41) is 0.530. The van der Waals surface area contributed by atoms with Crippen LogP contribution in [-0.2, 0) is 5.75 Å². The van der Waals surface area contributed by atoms with Crippen LogP contribution in [0.1, 0.15) is 5.82 Å². The fraction of sp³-hybridized carbons (Fsp3) is 0.0833. The summed E-state index contributed by atoms with van der Waals surface area (Å²) in [5.74, 6) is 2.13. The molecule has 7 N–H and O–H groups in total. The van der Waals surface area contributed by atoms with Crippen molar-refractivity contribution in [1.29, 1.82) is 0 Å². The number of rotatable bonds is 3. The first-order valence-electron chi connectivity index (χ1n) is 5.87. The van der Waals surface area contributed by atoms with Crippen molar-refractivity contribution in [2.45, 2.75) is 10.9 Å². The molecular weight excluding hydrogens is 274 g/mol. The van der Waals surface area contributed by atoms with Crippen LogP contribution >= 0.6 is 11.8 Å². The second-order valence-electron chi connectivity index (χ2n) is 4.25. The maximum absolute atomic E-state index is 5.73. The lowest BCUT2D eigenvalue weighted by Gasteiger charge is -2.00. The molecule has 0 unspecified atom stereocenters. The number of fused-ring (bicyclic) bond motifs is 1. The number of aromatic nitrogens is 4. The Hall–Kier alpha value is -2.48. The Bertz CT molecular complexity index is 747. The Morgan fingerprint density at radius 2 is 1.75 bits per heavy atom. The number of imidazole rings is 1. The first kappa shape index (κ1) is 12.5. The standard InChI is InChI=1S/C12H13N7S/c13-6-1-2-7-8(3-6)17-11(16-7)5-20-12-18-9(14)4-10(15)19-12/h1-4H,5,13H2,(H,16,17)(H4,14,15,18,19). The van der Waals surface area contributed by atoms with Gasteiger partial charge in [-0.3, -0.25) is 0 Å². The highest BCUT2D eigenvalue weighted by Gasteiger charge is 2.06. The minimum atomic E-state index is 0.359. The molecule has 7 nitrogen and oxygen atoms in total. The van der Waals surface area contributed by atoms with Crippen LogP contribution in [0.3, 0.4) is 0 Å². The van der Waals surface area contributed by atoms with Crippen molar-refractivity contribution in [2.24, 2.45) is 0 Å². The lowest BCUT2D eigenvalue weighted by molar-refractivity contribution is 0.980. The molecule has 0 spiro atoms. The predicted molar refractivity (Wildman–Crippen MR) is 80.9 cm³/mol. The number of nitrogens with zero attached hydrogens (tertiary/aromatic N) is 3. The maximum Gasteiger partial charge on any atom is 0.191 e. The summed E-state index contributed by atoms with van der Waals surface area (Å²) in [6.45, 7) is 0. The van der Waals surface area contributed by atoms with Crippen LogP contribution in [-0.4, -0.2) is 19.9 Å². The molecule has 0 atom stereocenters. The van der Waals surface area contributed by atoms with E-state index in [1.807, 2.05) is 18.2 Å². The van der Waals surface area contributed by atoms with Gasteiger partial charge in [0.2, 0.25) is 0 Å². The Morgan fingerprint density at radius 1 is 1.00 bits per heavy atom. The van der Waals surface area contributed by atoms with Gasteiger partial charge < -0.3 is 22.2 Å². The van der Waals surface area contributed by atoms with E-state index in [0.717, 1.165) is 16.9 Å². The van der Waals surface area contributed by atoms with Crippen LogP contribution in [0.4, 0.5) is 17.3 Å². The van der Waals surface area contributed by atoms with E-state index in [4.69, 9.17) is 17.2 Å². The van der Waals surface area contributed by atoms with E-state index in [1.54, 1.807) is 0 Å². The summed E-state index contributed by atoms with van der Waals surface area (Å²) in [6.07, 6.45) is 0. The molecule has 3 rings (SSSR count). The molecule has 0 saturated heterocycles. The summed E-state index contributed by atoms with van der Waals surface area (Å²) in [7, 11) is 0. The van der Waals surface area contributed by atoms with Crippen LogP contribution in [0.25, 0.3) is 11.0 Å². The van der Waals surface area contributed by atoms with Gasteiger partial charge in [0.05, 0.1) is 16.8 Å². The number of thioether (sulfide) groups is 1. The van der Waals surface area contributed by atoms with E-state index in [2.05, 4.69) is 19.9 Å². The summed E-state index contributed by atoms with van der Waals surface area (Å²) < 4.78 is 0. The van der Waals surface area contributed by atoms with Crippen LogP contribution in [0.2, 0.25) is 0 Å². The van der Waals surface area contributed by atoms with Gasteiger partial charge in [-0.2, -0.15) is 0 Å². The quantitative estimate of drug-likeness (QED) is 0.325. The van der Waals surface area contributed by atoms with Gasteiger partial charge in [0, 0.05) is 11.8 Å². The fourth-order valence-electron chi connectivity index (χ4n) is 1.81. The number of benzene rings is 1. The van der Waals surface area contributed by atoms with Crippen LogP contribution < -0.4 is 17.2 Å². The van der Waals surface area contributed by atoms with E-state index in [-0.39, 0.29) is 0 Å². The SMILES string of the molecule is Nc1ccc2nc(CSc3nc(N)cc(N)n3)[nH]c2c1. The first-order chi connectivity index (χ1) is 9.60. The minimum Gasteiger partial charge on any atom is -0.399 e. The number of nitrogens with two attached hydrogens (primary N) is 3. The zero-order chi connectivity index (χ0) is 14.1. The molecule has 0 radical (unpaired) electrons. The van der Waals surface area contributed by atoms with Gasteiger partial charge in [0.25, 0.3) is 0 Å². The largest absolute Gasteiger partial charge is 0.399 e. The Morgan fingerprint density at radius 3 is 2.50 bits per heavy atom. The Kier molecular flexibility index (Phi) is 3.07. The van der Waals surface area contributed by atoms with Gasteiger partial charge in [-0.25, -0.2) is 15.0 Å². The molecule has 20 heavy (non-hydrogen) atoms. The fourth-order valence-corrected chi connectivity index (χ4v) is 2.55. The average Bonchev–Trinajstić information content (AvgIpc) is 2.77. The molecule has 0 aliphatic rings. The zero-order valence-corrected chi connectivity index (χ0v) is 11.3. The van der Waals surface area contributed by atoms with E-state index >= 15 is 0 Å². The monoisotopic (exact) mass is 287 g/mol. The second-order valence-corrected chi connectivity index (χ2v) is 5.19. The van der Waals surface area contributed by atoms with Crippen LogP contribution in [0.15, 0.2) is 29.4 Å². The summed E-state index contributed by atoms with van der Waals surface area (Å²) in [6, 6.07) is 7.08. The lowest BCUT2D eigenvalue weighted by atomic mass is 10.3. The molecule has 2 heterocycles. The molecule has 0 amide bonds. The number of H-pyrrole nitrogens is 1. The third-order valence-electron chi connectivity index (χ3n) is 2.64. The van der Waals surface area contributed by atoms with Crippen LogP contribution in [0, 0.1) is 0 Å². The van der Waals surface area contributed by atoms with Gasteiger partial charge in [0.1, 0.15) is 17.5 Å². The normalized spacial score (nSPS) is 11.0. The number of hydrogen-bond donors (Lipinski definition) is 4. The highest BCUT2D eigenvalue weighted by Crippen LogP contribution is 2.22. The van der Waals surface area contributed by atoms with Crippen molar-refractivity contribution in [3.63, 3.8) is 0 Å². The zero-order valence-electron chi connectivity index (χ0n) is 10.5. The highest BCUT2D eigenvalue weighted by atomic mass is 32.2. The topological polar surface area (TPSA) is 133 Å². The lowest BCUT2D eigenvalue weighted by Crippen LogP contribution is -1.99. The number of nitrogen functional groups attached to an aromatic ring is 3. The third-order valence-corrected chi connectivity index (χ3v) is 3.50. The van der Waals surface area contributed by atoms with Crippen molar-refractivity contribution in [3.8, 4) is 0 Å². The Labute approximate surface area is 119 Å². The van der Waals surface area contributed by atoms with E-state index in [0.29, 0.717) is 28.2 Å². The third kappa shape index (κ3) is 2.59. The second kappa shape index (κ2) is 4.89. The van der Waals surface area contributed by atoms with Crippen molar-refractivity contribution >= 4 is 40.1 Å². The molecule has 0 aliphatic heterocycles. The van der Waals surface area contributed by atoms with Crippen molar-refractivity contribution in [3.05, 3.63) is 30.1 Å². The maximum atomic E-state index is 5.73. The average molecular weight is 287 g/mol. The predicted octanol–water partition coefficient (Wildman–Crippen LogP) is 1.39.